The van der Waals surface area contributed by atoms with Crippen LogP contribution in [-0.4, -0.2) is 29.0 Å². The topological polar surface area (TPSA) is 58.9 Å². The molecule has 1 spiro atoms. The molecule has 0 radical (unpaired) electrons. The summed E-state index contributed by atoms with van der Waals surface area (Å²) in [6, 6.07) is 12.8. The van der Waals surface area contributed by atoms with Crippen LogP contribution >= 0.6 is 11.6 Å². The Bertz CT molecular complexity index is 877. The van der Waals surface area contributed by atoms with Crippen molar-refractivity contribution in [3.8, 4) is 0 Å². The van der Waals surface area contributed by atoms with Crippen LogP contribution in [0.4, 0.5) is 0 Å². The summed E-state index contributed by atoms with van der Waals surface area (Å²) in [6.07, 6.45) is 3.14. The molecule has 2 aromatic carbocycles. The Morgan fingerprint density at radius 1 is 1.14 bits per heavy atom. The Balaban J connectivity index is 1.44. The minimum absolute atomic E-state index is 0.134. The Hall–Kier alpha value is -1.43. The summed E-state index contributed by atoms with van der Waals surface area (Å²) in [5, 5.41) is 20.6. The molecular formula is C23H25ClO4. The SMILES string of the molecule is OCC1CC(O)C[C@@]2(OCc3cc(Cl)c(Cc4ccc(C5CC5)cc4)cc32)O1. The van der Waals surface area contributed by atoms with Crippen molar-refractivity contribution in [1.82, 2.24) is 0 Å². The highest BCUT2D eigenvalue weighted by Crippen LogP contribution is 2.47. The van der Waals surface area contributed by atoms with E-state index in [-0.39, 0.29) is 6.61 Å². The molecule has 3 aliphatic rings. The zero-order chi connectivity index (χ0) is 19.3. The van der Waals surface area contributed by atoms with E-state index in [1.807, 2.05) is 6.07 Å². The minimum Gasteiger partial charge on any atom is -0.394 e. The van der Waals surface area contributed by atoms with Gasteiger partial charge in [0.05, 0.1) is 25.4 Å². The van der Waals surface area contributed by atoms with Crippen LogP contribution in [0.15, 0.2) is 36.4 Å². The van der Waals surface area contributed by atoms with Crippen molar-refractivity contribution in [2.24, 2.45) is 0 Å². The number of halogens is 1. The Labute approximate surface area is 170 Å². The Kier molecular flexibility index (Phi) is 4.73. The molecule has 1 saturated heterocycles. The molecule has 1 aliphatic carbocycles. The van der Waals surface area contributed by atoms with Crippen molar-refractivity contribution >= 4 is 11.6 Å². The molecule has 5 heteroatoms. The monoisotopic (exact) mass is 400 g/mol. The first kappa shape index (κ1) is 18.6. The zero-order valence-corrected chi connectivity index (χ0v) is 16.5. The van der Waals surface area contributed by atoms with E-state index in [9.17, 15) is 10.2 Å². The zero-order valence-electron chi connectivity index (χ0n) is 15.7. The van der Waals surface area contributed by atoms with Crippen molar-refractivity contribution < 1.29 is 19.7 Å². The highest BCUT2D eigenvalue weighted by Gasteiger charge is 2.48. The van der Waals surface area contributed by atoms with Crippen LogP contribution in [-0.2, 0) is 28.3 Å². The maximum atomic E-state index is 10.3. The first-order valence-corrected chi connectivity index (χ1v) is 10.5. The average molecular weight is 401 g/mol. The summed E-state index contributed by atoms with van der Waals surface area (Å²) in [5.41, 5.74) is 5.59. The number of hydrogen-bond donors (Lipinski definition) is 2. The van der Waals surface area contributed by atoms with Crippen LogP contribution in [0.3, 0.4) is 0 Å². The van der Waals surface area contributed by atoms with Gasteiger partial charge in [-0.1, -0.05) is 35.9 Å². The lowest BCUT2D eigenvalue weighted by Crippen LogP contribution is -2.45. The molecule has 0 amide bonds. The van der Waals surface area contributed by atoms with E-state index in [2.05, 4.69) is 30.3 Å². The smallest absolute Gasteiger partial charge is 0.198 e. The number of fused-ring (bicyclic) bond motifs is 2. The third kappa shape index (κ3) is 3.38. The number of hydrogen-bond acceptors (Lipinski definition) is 4. The summed E-state index contributed by atoms with van der Waals surface area (Å²) in [6.45, 7) is 0.265. The molecule has 28 heavy (non-hydrogen) atoms. The lowest BCUT2D eigenvalue weighted by Gasteiger charge is -2.40. The van der Waals surface area contributed by atoms with Gasteiger partial charge < -0.3 is 19.7 Å². The third-order valence-corrected chi connectivity index (χ3v) is 6.52. The molecule has 2 unspecified atom stereocenters. The van der Waals surface area contributed by atoms with Gasteiger partial charge in [0.15, 0.2) is 5.79 Å². The minimum atomic E-state index is -0.991. The van der Waals surface area contributed by atoms with Crippen LogP contribution < -0.4 is 0 Å². The summed E-state index contributed by atoms with van der Waals surface area (Å²) in [5.74, 6) is -0.237. The maximum Gasteiger partial charge on any atom is 0.198 e. The molecule has 148 valence electrons. The Morgan fingerprint density at radius 2 is 1.93 bits per heavy atom. The fourth-order valence-electron chi connectivity index (χ4n) is 4.53. The van der Waals surface area contributed by atoms with Crippen LogP contribution in [0.5, 0.6) is 0 Å². The molecule has 1 saturated carbocycles. The van der Waals surface area contributed by atoms with Gasteiger partial charge in [0, 0.05) is 23.4 Å². The molecule has 2 aliphatic heterocycles. The summed E-state index contributed by atoms with van der Waals surface area (Å²) in [7, 11) is 0. The first-order chi connectivity index (χ1) is 13.6. The quantitative estimate of drug-likeness (QED) is 0.813. The van der Waals surface area contributed by atoms with E-state index in [0.717, 1.165) is 34.1 Å². The van der Waals surface area contributed by atoms with Gasteiger partial charge in [-0.15, -0.1) is 0 Å². The van der Waals surface area contributed by atoms with Gasteiger partial charge in [0.25, 0.3) is 0 Å². The van der Waals surface area contributed by atoms with E-state index >= 15 is 0 Å². The van der Waals surface area contributed by atoms with Crippen LogP contribution in [0.2, 0.25) is 5.02 Å². The first-order valence-electron chi connectivity index (χ1n) is 10.1. The van der Waals surface area contributed by atoms with Gasteiger partial charge in [0.1, 0.15) is 0 Å². The number of rotatable bonds is 4. The molecular weight excluding hydrogens is 376 g/mol. The lowest BCUT2D eigenvalue weighted by atomic mass is 9.90. The lowest BCUT2D eigenvalue weighted by molar-refractivity contribution is -0.302. The second-order valence-electron chi connectivity index (χ2n) is 8.35. The van der Waals surface area contributed by atoms with Gasteiger partial charge in [0.2, 0.25) is 0 Å². The van der Waals surface area contributed by atoms with Gasteiger partial charge in [-0.25, -0.2) is 0 Å². The standard InChI is InChI=1S/C23H25ClO4/c24-22-9-18-13-27-23(11-19(26)10-20(12-25)28-23)21(18)8-17(22)7-14-1-3-15(4-2-14)16-5-6-16/h1-4,8-9,16,19-20,25-26H,5-7,10-13H2/t19?,20?,23-/m1/s1. The summed E-state index contributed by atoms with van der Waals surface area (Å²) in [4.78, 5) is 0. The van der Waals surface area contributed by atoms with Crippen LogP contribution in [0, 0.1) is 0 Å². The van der Waals surface area contributed by atoms with Crippen LogP contribution in [0.25, 0.3) is 0 Å². The maximum absolute atomic E-state index is 10.3. The van der Waals surface area contributed by atoms with Gasteiger partial charge in [-0.05, 0) is 59.6 Å². The predicted molar refractivity (Wildman–Crippen MR) is 106 cm³/mol. The van der Waals surface area contributed by atoms with Crippen molar-refractivity contribution in [2.75, 3.05) is 6.61 Å². The van der Waals surface area contributed by atoms with Gasteiger partial charge in [-0.3, -0.25) is 0 Å². The third-order valence-electron chi connectivity index (χ3n) is 6.17. The Morgan fingerprint density at radius 3 is 2.64 bits per heavy atom. The summed E-state index contributed by atoms with van der Waals surface area (Å²) < 4.78 is 12.1. The normalized spacial score (nSPS) is 29.2. The molecule has 0 aromatic heterocycles. The van der Waals surface area contributed by atoms with Crippen molar-refractivity contribution in [1.29, 1.82) is 0 Å². The number of aliphatic hydroxyl groups is 2. The number of aliphatic hydroxyl groups excluding tert-OH is 2. The van der Waals surface area contributed by atoms with Crippen molar-refractivity contribution in [3.05, 3.63) is 69.2 Å². The summed E-state index contributed by atoms with van der Waals surface area (Å²) >= 11 is 6.58. The van der Waals surface area contributed by atoms with E-state index in [0.29, 0.717) is 19.4 Å². The predicted octanol–water partition coefficient (Wildman–Crippen LogP) is 4.02. The fourth-order valence-corrected chi connectivity index (χ4v) is 4.78. The second kappa shape index (κ2) is 7.12. The largest absolute Gasteiger partial charge is 0.394 e. The fraction of sp³-hybridized carbons (Fsp3) is 0.478. The highest BCUT2D eigenvalue weighted by atomic mass is 35.5. The second-order valence-corrected chi connectivity index (χ2v) is 8.76. The number of ether oxygens (including phenoxy) is 2. The van der Waals surface area contributed by atoms with Gasteiger partial charge in [-0.2, -0.15) is 0 Å². The van der Waals surface area contributed by atoms with E-state index in [1.165, 1.54) is 24.0 Å². The van der Waals surface area contributed by atoms with E-state index in [1.54, 1.807) is 0 Å². The molecule has 2 aromatic rings. The molecule has 0 bridgehead atoms. The molecule has 4 nitrogen and oxygen atoms in total. The van der Waals surface area contributed by atoms with Crippen molar-refractivity contribution in [2.45, 2.75) is 62.6 Å². The molecule has 3 atom stereocenters. The van der Waals surface area contributed by atoms with E-state index < -0.39 is 18.0 Å². The molecule has 2 N–H and O–H groups in total. The van der Waals surface area contributed by atoms with Crippen LogP contribution in [0.1, 0.15) is 59.4 Å². The molecule has 2 fully saturated rings. The highest BCUT2D eigenvalue weighted by molar-refractivity contribution is 6.31. The van der Waals surface area contributed by atoms with Crippen molar-refractivity contribution in [3.63, 3.8) is 0 Å². The molecule has 2 heterocycles. The van der Waals surface area contributed by atoms with E-state index in [4.69, 9.17) is 21.1 Å². The number of benzene rings is 2. The molecule has 5 rings (SSSR count). The van der Waals surface area contributed by atoms with Gasteiger partial charge >= 0.3 is 0 Å². The average Bonchev–Trinajstić information content (AvgIpc) is 3.49.